The summed E-state index contributed by atoms with van der Waals surface area (Å²) in [6.07, 6.45) is -5.61. The number of hydrogen-bond donors (Lipinski definition) is 2. The molecule has 100 valence electrons. The van der Waals surface area contributed by atoms with E-state index in [0.29, 0.717) is 0 Å². The second kappa shape index (κ2) is 5.83. The van der Waals surface area contributed by atoms with E-state index in [1.54, 1.807) is 0 Å². The summed E-state index contributed by atoms with van der Waals surface area (Å²) in [5.41, 5.74) is 0.290. The molecule has 0 aliphatic rings. The van der Waals surface area contributed by atoms with Crippen molar-refractivity contribution in [3.63, 3.8) is 0 Å². The van der Waals surface area contributed by atoms with E-state index in [0.717, 1.165) is 0 Å². The van der Waals surface area contributed by atoms with Crippen LogP contribution in [0.5, 0.6) is 0 Å². The number of aliphatic hydroxyl groups excluding tert-OH is 1. The maximum atomic E-state index is 12.0. The van der Waals surface area contributed by atoms with Crippen LogP contribution in [0.15, 0.2) is 24.3 Å². The molecule has 0 saturated heterocycles. The topological polar surface area (TPSA) is 66.8 Å². The summed E-state index contributed by atoms with van der Waals surface area (Å²) in [4.78, 5) is 10.6. The van der Waals surface area contributed by atoms with Crippen LogP contribution in [0.3, 0.4) is 0 Å². The van der Waals surface area contributed by atoms with Crippen molar-refractivity contribution < 1.29 is 32.9 Å². The lowest BCUT2D eigenvalue weighted by Gasteiger charge is -2.17. The number of ether oxygens (including phenoxy) is 1. The molecule has 1 atom stereocenters. The smallest absolute Gasteiger partial charge is 0.411 e. The molecule has 0 saturated carbocycles. The van der Waals surface area contributed by atoms with Gasteiger partial charge in [0.25, 0.3) is 0 Å². The van der Waals surface area contributed by atoms with Crippen molar-refractivity contribution in [2.45, 2.75) is 12.3 Å². The van der Waals surface area contributed by atoms with Crippen LogP contribution in [0.1, 0.15) is 22.0 Å². The zero-order valence-corrected chi connectivity index (χ0v) is 9.15. The molecule has 0 spiro atoms. The summed E-state index contributed by atoms with van der Waals surface area (Å²) in [6.45, 7) is -2.10. The van der Waals surface area contributed by atoms with Gasteiger partial charge in [-0.3, -0.25) is 0 Å². The number of carboxylic acids is 1. The minimum absolute atomic E-state index is 0.00580. The molecule has 0 bridgehead atoms. The van der Waals surface area contributed by atoms with Crippen LogP contribution in [0.25, 0.3) is 0 Å². The summed E-state index contributed by atoms with van der Waals surface area (Å²) in [7, 11) is 0. The molecule has 0 radical (unpaired) electrons. The van der Waals surface area contributed by atoms with Gasteiger partial charge in [-0.15, -0.1) is 0 Å². The maximum absolute atomic E-state index is 12.0. The zero-order chi connectivity index (χ0) is 13.8. The molecule has 2 N–H and O–H groups in total. The molecule has 4 nitrogen and oxygen atoms in total. The van der Waals surface area contributed by atoms with E-state index in [1.807, 2.05) is 0 Å². The summed E-state index contributed by atoms with van der Waals surface area (Å²) in [6, 6.07) is 5.08. The van der Waals surface area contributed by atoms with E-state index in [-0.39, 0.29) is 11.1 Å². The van der Waals surface area contributed by atoms with Crippen LogP contribution >= 0.6 is 0 Å². The van der Waals surface area contributed by atoms with E-state index >= 15 is 0 Å². The molecule has 1 rings (SSSR count). The minimum Gasteiger partial charge on any atom is -0.478 e. The van der Waals surface area contributed by atoms with E-state index in [1.165, 1.54) is 24.3 Å². The van der Waals surface area contributed by atoms with Crippen LogP contribution in [-0.2, 0) is 4.74 Å². The van der Waals surface area contributed by atoms with Gasteiger partial charge in [-0.25, -0.2) is 4.79 Å². The van der Waals surface area contributed by atoms with E-state index in [2.05, 4.69) is 4.74 Å². The fourth-order valence-corrected chi connectivity index (χ4v) is 1.29. The van der Waals surface area contributed by atoms with Crippen molar-refractivity contribution in [2.24, 2.45) is 0 Å². The largest absolute Gasteiger partial charge is 0.478 e. The minimum atomic E-state index is -4.48. The summed E-state index contributed by atoms with van der Waals surface area (Å²) < 4.78 is 40.4. The second-order valence-electron chi connectivity index (χ2n) is 3.52. The third-order valence-corrected chi connectivity index (χ3v) is 2.14. The molecule has 0 aliphatic carbocycles. The number of hydrogen-bond acceptors (Lipinski definition) is 3. The predicted molar refractivity (Wildman–Crippen MR) is 55.2 cm³/mol. The molecule has 1 aromatic rings. The fourth-order valence-electron chi connectivity index (χ4n) is 1.29. The third-order valence-electron chi connectivity index (χ3n) is 2.14. The average molecular weight is 264 g/mol. The molecule has 0 aromatic heterocycles. The molecule has 0 amide bonds. The van der Waals surface area contributed by atoms with Crippen molar-refractivity contribution in [1.82, 2.24) is 0 Å². The van der Waals surface area contributed by atoms with Crippen LogP contribution in [0.2, 0.25) is 0 Å². The van der Waals surface area contributed by atoms with Gasteiger partial charge in [0.1, 0.15) is 12.7 Å². The molecule has 0 aliphatic heterocycles. The zero-order valence-electron chi connectivity index (χ0n) is 9.15. The van der Waals surface area contributed by atoms with Crippen LogP contribution in [0.4, 0.5) is 13.2 Å². The van der Waals surface area contributed by atoms with Gasteiger partial charge in [0.15, 0.2) is 0 Å². The van der Waals surface area contributed by atoms with E-state index in [4.69, 9.17) is 10.2 Å². The molecule has 0 heterocycles. The number of aromatic carboxylic acids is 1. The lowest BCUT2D eigenvalue weighted by atomic mass is 10.1. The number of carbonyl (C=O) groups is 1. The Kier molecular flexibility index (Phi) is 4.69. The highest BCUT2D eigenvalue weighted by molar-refractivity contribution is 5.87. The lowest BCUT2D eigenvalue weighted by molar-refractivity contribution is -0.189. The Hall–Kier alpha value is -1.60. The maximum Gasteiger partial charge on any atom is 0.411 e. The van der Waals surface area contributed by atoms with Crippen LogP contribution in [0, 0.1) is 0 Å². The highest BCUT2D eigenvalue weighted by atomic mass is 19.4. The Morgan fingerprint density at radius 3 is 2.22 bits per heavy atom. The molecule has 0 fully saturated rings. The normalized spacial score (nSPS) is 13.3. The number of rotatable bonds is 5. The van der Waals surface area contributed by atoms with Crippen molar-refractivity contribution >= 4 is 5.97 Å². The van der Waals surface area contributed by atoms with Crippen molar-refractivity contribution in [1.29, 1.82) is 0 Å². The first-order valence-corrected chi connectivity index (χ1v) is 4.96. The highest BCUT2D eigenvalue weighted by Gasteiger charge is 2.29. The first kappa shape index (κ1) is 14.5. The standard InChI is InChI=1S/C11H11F3O4/c12-11(13,14)6-18-9(5-15)7-1-3-8(4-2-7)10(16)17/h1-4,9,15H,5-6H2,(H,16,17). The Morgan fingerprint density at radius 1 is 1.28 bits per heavy atom. The van der Waals surface area contributed by atoms with Crippen molar-refractivity contribution in [3.8, 4) is 0 Å². The van der Waals surface area contributed by atoms with Crippen molar-refractivity contribution in [2.75, 3.05) is 13.2 Å². The van der Waals surface area contributed by atoms with E-state index in [9.17, 15) is 18.0 Å². The van der Waals surface area contributed by atoms with Crippen molar-refractivity contribution in [3.05, 3.63) is 35.4 Å². The quantitative estimate of drug-likeness (QED) is 0.853. The lowest BCUT2D eigenvalue weighted by Crippen LogP contribution is -2.21. The SMILES string of the molecule is O=C(O)c1ccc(C(CO)OCC(F)(F)F)cc1. The fraction of sp³-hybridized carbons (Fsp3) is 0.364. The summed E-state index contributed by atoms with van der Waals surface area (Å²) in [5, 5.41) is 17.6. The highest BCUT2D eigenvalue weighted by Crippen LogP contribution is 2.22. The Balaban J connectivity index is 2.73. The monoisotopic (exact) mass is 264 g/mol. The van der Waals surface area contributed by atoms with Gasteiger partial charge >= 0.3 is 12.1 Å². The van der Waals surface area contributed by atoms with E-state index < -0.39 is 31.5 Å². The molecular formula is C11H11F3O4. The molecule has 1 unspecified atom stereocenters. The van der Waals surface area contributed by atoms with Gasteiger partial charge in [-0.1, -0.05) is 12.1 Å². The van der Waals surface area contributed by atoms with Crippen LogP contribution < -0.4 is 0 Å². The van der Waals surface area contributed by atoms with Gasteiger partial charge in [0.2, 0.25) is 0 Å². The summed E-state index contributed by atoms with van der Waals surface area (Å²) >= 11 is 0. The predicted octanol–water partition coefficient (Wildman–Crippen LogP) is 2.00. The van der Waals surface area contributed by atoms with Crippen LogP contribution in [-0.4, -0.2) is 35.6 Å². The number of halogens is 3. The first-order chi connectivity index (χ1) is 8.33. The van der Waals surface area contributed by atoms with Gasteiger partial charge in [0.05, 0.1) is 12.2 Å². The molecule has 7 heteroatoms. The number of aliphatic hydroxyl groups is 1. The molecular weight excluding hydrogens is 253 g/mol. The Labute approximate surface area is 101 Å². The van der Waals surface area contributed by atoms with Gasteiger partial charge in [-0.2, -0.15) is 13.2 Å². The summed E-state index contributed by atoms with van der Waals surface area (Å²) in [5.74, 6) is -1.14. The second-order valence-corrected chi connectivity index (χ2v) is 3.52. The van der Waals surface area contributed by atoms with Gasteiger partial charge in [0, 0.05) is 0 Å². The number of benzene rings is 1. The Bertz CT molecular complexity index is 400. The average Bonchev–Trinajstić information content (AvgIpc) is 2.29. The number of alkyl halides is 3. The third kappa shape index (κ3) is 4.34. The van der Waals surface area contributed by atoms with Gasteiger partial charge in [-0.05, 0) is 17.7 Å². The Morgan fingerprint density at radius 2 is 1.83 bits per heavy atom. The molecule has 18 heavy (non-hydrogen) atoms. The molecule has 1 aromatic carbocycles. The number of carboxylic acid groups (broad SMARTS) is 1. The first-order valence-electron chi connectivity index (χ1n) is 4.96. The van der Waals surface area contributed by atoms with Gasteiger partial charge < -0.3 is 14.9 Å².